The van der Waals surface area contributed by atoms with Crippen molar-refractivity contribution in [2.24, 2.45) is 0 Å². The Hall–Kier alpha value is -2.32. The van der Waals surface area contributed by atoms with E-state index in [4.69, 9.17) is 0 Å². The Kier molecular flexibility index (Phi) is 6.25. The van der Waals surface area contributed by atoms with Crippen molar-refractivity contribution in [2.45, 2.75) is 44.1 Å². The maximum Gasteiger partial charge on any atom is 0.436 e. The first-order valence-electron chi connectivity index (χ1n) is 8.71. The van der Waals surface area contributed by atoms with Gasteiger partial charge >= 0.3 is 12.4 Å². The fourth-order valence-electron chi connectivity index (χ4n) is 2.95. The molecule has 0 spiro atoms. The summed E-state index contributed by atoms with van der Waals surface area (Å²) in [6, 6.07) is 0. The molecule has 1 aliphatic rings. The largest absolute Gasteiger partial charge is 0.436 e. The third-order valence-corrected chi connectivity index (χ3v) is 5.31. The van der Waals surface area contributed by atoms with Gasteiger partial charge in [0.25, 0.3) is 0 Å². The van der Waals surface area contributed by atoms with Gasteiger partial charge in [-0.1, -0.05) is 0 Å². The first-order valence-corrected chi connectivity index (χ1v) is 9.50. The number of anilines is 1. The zero-order valence-corrected chi connectivity index (χ0v) is 17.0. The Labute approximate surface area is 180 Å². The Morgan fingerprint density at radius 3 is 1.94 bits per heavy atom. The molecule has 1 aliphatic carbocycles. The van der Waals surface area contributed by atoms with Crippen molar-refractivity contribution in [1.82, 2.24) is 9.78 Å². The smallest absolute Gasteiger partial charge is 0.321 e. The van der Waals surface area contributed by atoms with Gasteiger partial charge in [-0.3, -0.25) is 9.48 Å². The summed E-state index contributed by atoms with van der Waals surface area (Å²) < 4.78 is 133. The van der Waals surface area contributed by atoms with Crippen molar-refractivity contribution >= 4 is 27.5 Å². The van der Waals surface area contributed by atoms with Crippen LogP contribution in [0.15, 0.2) is 4.47 Å². The summed E-state index contributed by atoms with van der Waals surface area (Å²) >= 11 is 2.82. The number of alkyl halides is 6. The summed E-state index contributed by atoms with van der Waals surface area (Å²) in [4.78, 5) is 12.0. The molecule has 0 saturated heterocycles. The van der Waals surface area contributed by atoms with Gasteiger partial charge < -0.3 is 5.32 Å². The molecule has 176 valence electrons. The number of hydrogen-bond donors (Lipinski definition) is 1. The van der Waals surface area contributed by atoms with Crippen LogP contribution in [-0.4, -0.2) is 15.7 Å². The number of benzene rings is 1. The van der Waals surface area contributed by atoms with E-state index in [2.05, 4.69) is 21.0 Å². The predicted molar refractivity (Wildman–Crippen MR) is 91.4 cm³/mol. The third kappa shape index (κ3) is 4.57. The summed E-state index contributed by atoms with van der Waals surface area (Å²) in [5.74, 6) is -12.1. The Balaban J connectivity index is 1.83. The molecule has 0 unspecified atom stereocenters. The van der Waals surface area contributed by atoms with E-state index in [9.17, 15) is 48.7 Å². The number of aromatic nitrogens is 2. The Morgan fingerprint density at radius 2 is 1.50 bits per heavy atom. The van der Waals surface area contributed by atoms with Crippen LogP contribution in [0.5, 0.6) is 0 Å². The lowest BCUT2D eigenvalue weighted by atomic mass is 10.1. The van der Waals surface area contributed by atoms with Gasteiger partial charge in [0.2, 0.25) is 5.91 Å². The van der Waals surface area contributed by atoms with Gasteiger partial charge in [-0.2, -0.15) is 31.4 Å². The molecule has 1 saturated carbocycles. The summed E-state index contributed by atoms with van der Waals surface area (Å²) in [5.41, 5.74) is -5.70. The molecule has 4 nitrogen and oxygen atoms in total. The molecule has 1 aromatic heterocycles. The van der Waals surface area contributed by atoms with Crippen LogP contribution in [0.3, 0.4) is 0 Å². The summed E-state index contributed by atoms with van der Waals surface area (Å²) in [5, 5.41) is 4.81. The van der Waals surface area contributed by atoms with Crippen molar-refractivity contribution in [1.29, 1.82) is 0 Å². The van der Waals surface area contributed by atoms with Crippen LogP contribution in [-0.2, 0) is 23.7 Å². The monoisotopic (exact) mass is 541 g/mol. The maximum absolute atomic E-state index is 13.9. The van der Waals surface area contributed by atoms with Gasteiger partial charge in [0, 0.05) is 12.3 Å². The number of nitrogens with zero attached hydrogens (tertiary/aromatic N) is 2. The van der Waals surface area contributed by atoms with E-state index < -0.39 is 71.4 Å². The Bertz CT molecular complexity index is 1040. The van der Waals surface area contributed by atoms with Gasteiger partial charge in [0.15, 0.2) is 29.0 Å². The fraction of sp³-hybridized carbons (Fsp3) is 0.412. The number of nitrogens with one attached hydrogen (secondary N) is 1. The number of carbonyl (C=O) groups is 1. The highest BCUT2D eigenvalue weighted by atomic mass is 79.9. The number of hydrogen-bond acceptors (Lipinski definition) is 2. The minimum Gasteiger partial charge on any atom is -0.321 e. The molecule has 15 heteroatoms. The number of aryl methyl sites for hydroxylation is 1. The second kappa shape index (κ2) is 8.23. The van der Waals surface area contributed by atoms with E-state index in [0.29, 0.717) is 12.8 Å². The van der Waals surface area contributed by atoms with E-state index in [1.807, 2.05) is 0 Å². The van der Waals surface area contributed by atoms with E-state index in [1.165, 1.54) is 5.32 Å². The van der Waals surface area contributed by atoms with Crippen LogP contribution in [0.2, 0.25) is 0 Å². The number of rotatable bonds is 5. The van der Waals surface area contributed by atoms with E-state index in [0.717, 1.165) is 4.68 Å². The van der Waals surface area contributed by atoms with Gasteiger partial charge in [0.1, 0.15) is 11.3 Å². The van der Waals surface area contributed by atoms with Gasteiger partial charge in [-0.05, 0) is 28.8 Å². The highest BCUT2D eigenvalue weighted by Gasteiger charge is 2.43. The zero-order valence-electron chi connectivity index (χ0n) is 15.4. The minimum absolute atomic E-state index is 0.147. The summed E-state index contributed by atoms with van der Waals surface area (Å²) in [6.45, 7) is -0.513. The van der Waals surface area contributed by atoms with Crippen molar-refractivity contribution in [3.05, 3.63) is 44.7 Å². The summed E-state index contributed by atoms with van der Waals surface area (Å²) in [6.07, 6.45) is -10.2. The number of carbonyl (C=O) groups excluding carboxylic acids is 1. The second-order valence-electron chi connectivity index (χ2n) is 6.84. The van der Waals surface area contributed by atoms with Crippen molar-refractivity contribution in [3.63, 3.8) is 0 Å². The van der Waals surface area contributed by atoms with Crippen molar-refractivity contribution < 1.29 is 48.7 Å². The van der Waals surface area contributed by atoms with E-state index in [-0.39, 0.29) is 16.1 Å². The molecule has 0 aliphatic heterocycles. The molecule has 32 heavy (non-hydrogen) atoms. The molecule has 0 radical (unpaired) electrons. The van der Waals surface area contributed by atoms with Crippen LogP contribution in [0.4, 0.5) is 49.6 Å². The topological polar surface area (TPSA) is 46.9 Å². The average molecular weight is 542 g/mol. The van der Waals surface area contributed by atoms with Crippen molar-refractivity contribution in [2.75, 3.05) is 5.32 Å². The lowest BCUT2D eigenvalue weighted by Gasteiger charge is -2.15. The van der Waals surface area contributed by atoms with Gasteiger partial charge in [-0.25, -0.2) is 17.6 Å². The van der Waals surface area contributed by atoms with Crippen molar-refractivity contribution in [3.8, 4) is 0 Å². The zero-order chi connectivity index (χ0) is 24.2. The molecule has 1 aromatic carbocycles. The Morgan fingerprint density at radius 1 is 0.969 bits per heavy atom. The molecule has 2 aromatic rings. The molecule has 3 rings (SSSR count). The molecule has 1 heterocycles. The molecule has 0 bridgehead atoms. The molecule has 1 N–H and O–H groups in total. The normalized spacial score (nSPS) is 14.7. The molecule has 1 amide bonds. The first kappa shape index (κ1) is 24.3. The second-order valence-corrected chi connectivity index (χ2v) is 7.64. The molecule has 1 fully saturated rings. The highest BCUT2D eigenvalue weighted by Crippen LogP contribution is 2.47. The fourth-order valence-corrected chi connectivity index (χ4v) is 3.78. The van der Waals surface area contributed by atoms with Crippen LogP contribution in [0.25, 0.3) is 0 Å². The predicted octanol–water partition coefficient (Wildman–Crippen LogP) is 6.15. The molecular weight excluding hydrogens is 532 g/mol. The van der Waals surface area contributed by atoms with Crippen LogP contribution in [0, 0.1) is 23.3 Å². The summed E-state index contributed by atoms with van der Waals surface area (Å²) in [7, 11) is 0. The maximum atomic E-state index is 13.9. The SMILES string of the molecule is O=C(CCn1nc(C(F)(F)F)c(Br)c1C1CC1)Nc1c(F)c(F)c(C(F)(F)F)c(F)c1F. The van der Waals surface area contributed by atoms with Gasteiger partial charge in [-0.15, -0.1) is 0 Å². The van der Waals surface area contributed by atoms with Crippen LogP contribution in [0.1, 0.15) is 42.1 Å². The van der Waals surface area contributed by atoms with Crippen LogP contribution < -0.4 is 5.32 Å². The van der Waals surface area contributed by atoms with Crippen LogP contribution >= 0.6 is 15.9 Å². The number of amides is 1. The third-order valence-electron chi connectivity index (χ3n) is 4.53. The molecular formula is C17H10BrF10N3O. The highest BCUT2D eigenvalue weighted by molar-refractivity contribution is 9.10. The average Bonchev–Trinajstić information content (AvgIpc) is 3.42. The quantitative estimate of drug-likeness (QED) is 0.365. The number of halogens is 11. The lowest BCUT2D eigenvalue weighted by Crippen LogP contribution is -2.21. The van der Waals surface area contributed by atoms with E-state index >= 15 is 0 Å². The van der Waals surface area contributed by atoms with Gasteiger partial charge in [0.05, 0.1) is 16.7 Å². The minimum atomic E-state index is -5.75. The standard InChI is InChI=1S/C17H10BrF10N3O/c18-8-14(5-1-2-5)31(30-15(8)17(26,27)28)4-3-6(32)29-13-11(21)9(19)7(16(23,24)25)10(20)12(13)22/h5H,1-4H2,(H,29,32). The van der Waals surface area contributed by atoms with E-state index in [1.54, 1.807) is 0 Å². The lowest BCUT2D eigenvalue weighted by molar-refractivity contribution is -0.143. The first-order chi connectivity index (χ1) is 14.6. The molecule has 0 atom stereocenters.